The number of rotatable bonds is 6. The first kappa shape index (κ1) is 15.5. The quantitative estimate of drug-likeness (QED) is 0.634. The van der Waals surface area contributed by atoms with E-state index in [4.69, 9.17) is 5.11 Å². The smallest absolute Gasteiger partial charge is 0.328 e. The third-order valence-corrected chi connectivity index (χ3v) is 3.62. The van der Waals surface area contributed by atoms with Crippen LogP contribution in [0.5, 0.6) is 0 Å². The number of thiophene rings is 1. The number of hydrogen-bond donors (Lipinski definition) is 4. The number of carboxylic acid groups (broad SMARTS) is 1. The van der Waals surface area contributed by atoms with E-state index in [1.807, 2.05) is 24.4 Å². The second-order valence-electron chi connectivity index (χ2n) is 4.15. The molecule has 2 amide bonds. The van der Waals surface area contributed by atoms with Gasteiger partial charge in [0.2, 0.25) is 0 Å². The Labute approximate surface area is 115 Å². The van der Waals surface area contributed by atoms with Crippen LogP contribution in [-0.2, 0) is 4.79 Å². The molecule has 0 aliphatic rings. The summed E-state index contributed by atoms with van der Waals surface area (Å²) < 4.78 is 0. The summed E-state index contributed by atoms with van der Waals surface area (Å²) in [6, 6.07) is 1.71. The number of urea groups is 1. The van der Waals surface area contributed by atoms with Crippen molar-refractivity contribution in [1.29, 1.82) is 0 Å². The highest BCUT2D eigenvalue weighted by molar-refractivity contribution is 7.10. The lowest BCUT2D eigenvalue weighted by Crippen LogP contribution is -2.51. The molecule has 0 saturated carbocycles. The molecular formula is C12H18N2O4S. The molecule has 0 radical (unpaired) electrons. The highest BCUT2D eigenvalue weighted by Crippen LogP contribution is 2.21. The first-order valence-electron chi connectivity index (χ1n) is 5.97. The summed E-state index contributed by atoms with van der Waals surface area (Å²) in [5, 5.41) is 25.0. The maximum Gasteiger partial charge on any atom is 0.328 e. The molecule has 1 aromatic rings. The number of aliphatic hydroxyl groups excluding tert-OH is 1. The van der Waals surface area contributed by atoms with Gasteiger partial charge in [0.1, 0.15) is 0 Å². The fourth-order valence-corrected chi connectivity index (χ4v) is 2.46. The molecule has 1 rings (SSSR count). The highest BCUT2D eigenvalue weighted by atomic mass is 32.1. The lowest BCUT2D eigenvalue weighted by atomic mass is 10.2. The van der Waals surface area contributed by atoms with E-state index in [9.17, 15) is 14.7 Å². The minimum absolute atomic E-state index is 0.163. The van der Waals surface area contributed by atoms with Gasteiger partial charge in [-0.1, -0.05) is 13.0 Å². The van der Waals surface area contributed by atoms with Crippen LogP contribution in [0.4, 0.5) is 4.79 Å². The Balaban J connectivity index is 2.61. The number of carbonyl (C=O) groups is 2. The maximum absolute atomic E-state index is 11.7. The third kappa shape index (κ3) is 4.53. The number of carbonyl (C=O) groups excluding carboxylic acids is 1. The van der Waals surface area contributed by atoms with E-state index in [0.29, 0.717) is 6.42 Å². The van der Waals surface area contributed by atoms with Crippen molar-refractivity contribution in [1.82, 2.24) is 10.6 Å². The first-order chi connectivity index (χ1) is 8.95. The van der Waals surface area contributed by atoms with Gasteiger partial charge < -0.3 is 20.8 Å². The van der Waals surface area contributed by atoms with Crippen molar-refractivity contribution < 1.29 is 19.8 Å². The Hall–Kier alpha value is -1.60. The molecule has 1 aromatic heterocycles. The number of amides is 2. The Morgan fingerprint density at radius 3 is 2.53 bits per heavy atom. The zero-order chi connectivity index (χ0) is 14.4. The Kier molecular flexibility index (Phi) is 5.78. The summed E-state index contributed by atoms with van der Waals surface area (Å²) in [5.74, 6) is -1.27. The molecule has 19 heavy (non-hydrogen) atoms. The normalized spacial score (nSPS) is 15.3. The van der Waals surface area contributed by atoms with Gasteiger partial charge in [-0.15, -0.1) is 11.3 Å². The van der Waals surface area contributed by atoms with E-state index in [0.717, 1.165) is 4.88 Å². The van der Waals surface area contributed by atoms with Crippen LogP contribution < -0.4 is 10.6 Å². The lowest BCUT2D eigenvalue weighted by Gasteiger charge is -2.20. The molecule has 106 valence electrons. The van der Waals surface area contributed by atoms with Gasteiger partial charge >= 0.3 is 12.0 Å². The van der Waals surface area contributed by atoms with Crippen LogP contribution in [0.15, 0.2) is 17.5 Å². The van der Waals surface area contributed by atoms with Gasteiger partial charge in [0.25, 0.3) is 0 Å². The van der Waals surface area contributed by atoms with Crippen LogP contribution in [0.1, 0.15) is 31.2 Å². The standard InChI is InChI=1S/C12H18N2O4S/c1-3-8(9-5-4-6-19-9)13-12(18)14-10(7(2)15)11(16)17/h4-8,10,15H,3H2,1-2H3,(H,16,17)(H2,13,14,18)/t7-,8?,10+/m1/s1. The molecule has 0 spiro atoms. The fraction of sp³-hybridized carbons (Fsp3) is 0.500. The van der Waals surface area contributed by atoms with Gasteiger partial charge in [-0.05, 0) is 24.8 Å². The number of carboxylic acids is 1. The van der Waals surface area contributed by atoms with Crippen molar-refractivity contribution >= 4 is 23.3 Å². The largest absolute Gasteiger partial charge is 0.480 e. The summed E-state index contributed by atoms with van der Waals surface area (Å²) in [7, 11) is 0. The second-order valence-corrected chi connectivity index (χ2v) is 5.13. The second kappa shape index (κ2) is 7.10. The molecule has 0 saturated heterocycles. The van der Waals surface area contributed by atoms with Gasteiger partial charge in [-0.3, -0.25) is 0 Å². The summed E-state index contributed by atoms with van der Waals surface area (Å²) in [4.78, 5) is 23.6. The van der Waals surface area contributed by atoms with Crippen molar-refractivity contribution in [3.63, 3.8) is 0 Å². The zero-order valence-electron chi connectivity index (χ0n) is 10.8. The van der Waals surface area contributed by atoms with Crippen LogP contribution in [0.2, 0.25) is 0 Å². The molecular weight excluding hydrogens is 268 g/mol. The molecule has 1 heterocycles. The third-order valence-electron chi connectivity index (χ3n) is 2.64. The molecule has 7 heteroatoms. The Bertz CT molecular complexity index is 419. The van der Waals surface area contributed by atoms with Crippen LogP contribution in [-0.4, -0.2) is 34.4 Å². The van der Waals surface area contributed by atoms with Gasteiger partial charge in [0.15, 0.2) is 6.04 Å². The average Bonchev–Trinajstić information content (AvgIpc) is 2.85. The summed E-state index contributed by atoms with van der Waals surface area (Å²) in [6.45, 7) is 3.24. The van der Waals surface area contributed by atoms with E-state index < -0.39 is 24.1 Å². The summed E-state index contributed by atoms with van der Waals surface area (Å²) in [6.07, 6.45) is -0.467. The van der Waals surface area contributed by atoms with Gasteiger partial charge in [-0.2, -0.15) is 0 Å². The van der Waals surface area contributed by atoms with E-state index in [2.05, 4.69) is 10.6 Å². The van der Waals surface area contributed by atoms with E-state index in [1.165, 1.54) is 18.3 Å². The lowest BCUT2D eigenvalue weighted by molar-refractivity contribution is -0.141. The molecule has 3 atom stereocenters. The fourth-order valence-electron chi connectivity index (χ4n) is 1.59. The number of hydrogen-bond acceptors (Lipinski definition) is 4. The van der Waals surface area contributed by atoms with Gasteiger partial charge in [0, 0.05) is 4.88 Å². The van der Waals surface area contributed by atoms with E-state index >= 15 is 0 Å². The summed E-state index contributed by atoms with van der Waals surface area (Å²) in [5.41, 5.74) is 0. The number of nitrogens with one attached hydrogen (secondary N) is 2. The predicted octanol–water partition coefficient (Wildman–Crippen LogP) is 1.33. The number of aliphatic carboxylic acids is 1. The van der Waals surface area contributed by atoms with Crippen LogP contribution >= 0.6 is 11.3 Å². The number of aliphatic hydroxyl groups is 1. The molecule has 6 nitrogen and oxygen atoms in total. The zero-order valence-corrected chi connectivity index (χ0v) is 11.6. The molecule has 1 unspecified atom stereocenters. The van der Waals surface area contributed by atoms with Crippen molar-refractivity contribution in [2.75, 3.05) is 0 Å². The van der Waals surface area contributed by atoms with E-state index in [-0.39, 0.29) is 6.04 Å². The van der Waals surface area contributed by atoms with Crippen LogP contribution in [0.3, 0.4) is 0 Å². The van der Waals surface area contributed by atoms with Crippen LogP contribution in [0.25, 0.3) is 0 Å². The first-order valence-corrected chi connectivity index (χ1v) is 6.85. The molecule has 0 aliphatic carbocycles. The van der Waals surface area contributed by atoms with Gasteiger partial charge in [0.05, 0.1) is 12.1 Å². The Morgan fingerprint density at radius 2 is 2.11 bits per heavy atom. The van der Waals surface area contributed by atoms with Crippen LogP contribution in [0, 0.1) is 0 Å². The van der Waals surface area contributed by atoms with E-state index in [1.54, 1.807) is 0 Å². The molecule has 0 aliphatic heterocycles. The summed E-state index contributed by atoms with van der Waals surface area (Å²) >= 11 is 1.52. The molecule has 0 bridgehead atoms. The van der Waals surface area contributed by atoms with Crippen molar-refractivity contribution in [3.05, 3.63) is 22.4 Å². The maximum atomic E-state index is 11.7. The van der Waals surface area contributed by atoms with Crippen molar-refractivity contribution in [2.45, 2.75) is 38.5 Å². The molecule has 4 N–H and O–H groups in total. The van der Waals surface area contributed by atoms with Crippen molar-refractivity contribution in [2.24, 2.45) is 0 Å². The Morgan fingerprint density at radius 1 is 1.42 bits per heavy atom. The molecule has 0 fully saturated rings. The SMILES string of the molecule is CCC(NC(=O)N[C@H](C(=O)O)[C@@H](C)O)c1cccs1. The minimum atomic E-state index is -1.32. The highest BCUT2D eigenvalue weighted by Gasteiger charge is 2.25. The topological polar surface area (TPSA) is 98.7 Å². The predicted molar refractivity (Wildman–Crippen MR) is 72.1 cm³/mol. The minimum Gasteiger partial charge on any atom is -0.480 e. The van der Waals surface area contributed by atoms with Crippen molar-refractivity contribution in [3.8, 4) is 0 Å². The average molecular weight is 286 g/mol. The molecule has 0 aromatic carbocycles. The monoisotopic (exact) mass is 286 g/mol. The van der Waals surface area contributed by atoms with Gasteiger partial charge in [-0.25, -0.2) is 9.59 Å².